The number of ether oxygens (including phenoxy) is 1. The zero-order chi connectivity index (χ0) is 19.1. The van der Waals surface area contributed by atoms with E-state index >= 15 is 0 Å². The topological polar surface area (TPSA) is 90.1 Å². The van der Waals surface area contributed by atoms with Gasteiger partial charge < -0.3 is 14.2 Å². The Morgan fingerprint density at radius 3 is 2.52 bits per heavy atom. The van der Waals surface area contributed by atoms with E-state index in [-0.39, 0.29) is 5.69 Å². The number of nitrogens with one attached hydrogen (secondary N) is 1. The Morgan fingerprint density at radius 2 is 1.89 bits per heavy atom. The Kier molecular flexibility index (Phi) is 3.92. The normalized spacial score (nSPS) is 11.1. The maximum absolute atomic E-state index is 12.5. The summed E-state index contributed by atoms with van der Waals surface area (Å²) in [6, 6.07) is 12.4. The van der Waals surface area contributed by atoms with E-state index in [4.69, 9.17) is 9.26 Å². The number of imidazole rings is 1. The number of esters is 1. The number of methoxy groups -OCH3 is 1. The van der Waals surface area contributed by atoms with Gasteiger partial charge >= 0.3 is 11.7 Å². The summed E-state index contributed by atoms with van der Waals surface area (Å²) in [6.45, 7) is 3.74. The van der Waals surface area contributed by atoms with Crippen LogP contribution < -0.4 is 5.69 Å². The molecule has 136 valence electrons. The van der Waals surface area contributed by atoms with Crippen molar-refractivity contribution in [2.24, 2.45) is 0 Å². The molecule has 2 aromatic carbocycles. The molecule has 0 aliphatic carbocycles. The molecule has 4 aromatic rings. The van der Waals surface area contributed by atoms with Crippen molar-refractivity contribution in [3.63, 3.8) is 0 Å². The Bertz CT molecular complexity index is 1190. The van der Waals surface area contributed by atoms with E-state index in [2.05, 4.69) is 10.1 Å². The van der Waals surface area contributed by atoms with Crippen LogP contribution in [0.15, 0.2) is 51.8 Å². The molecule has 0 bridgehead atoms. The number of fused-ring (bicyclic) bond motifs is 1. The first-order chi connectivity index (χ1) is 13.0. The molecule has 27 heavy (non-hydrogen) atoms. The van der Waals surface area contributed by atoms with Crippen LogP contribution in [0.25, 0.3) is 27.8 Å². The Balaban J connectivity index is 1.88. The molecule has 0 radical (unpaired) electrons. The molecule has 7 nitrogen and oxygen atoms in total. The summed E-state index contributed by atoms with van der Waals surface area (Å²) in [7, 11) is 1.33. The van der Waals surface area contributed by atoms with Crippen molar-refractivity contribution in [2.75, 3.05) is 7.11 Å². The first-order valence-corrected chi connectivity index (χ1v) is 8.36. The molecule has 0 amide bonds. The van der Waals surface area contributed by atoms with Crippen LogP contribution in [0.2, 0.25) is 0 Å². The van der Waals surface area contributed by atoms with E-state index in [0.717, 1.165) is 28.1 Å². The van der Waals surface area contributed by atoms with Gasteiger partial charge in [-0.2, -0.15) is 0 Å². The molecule has 2 aromatic heterocycles. The van der Waals surface area contributed by atoms with Crippen molar-refractivity contribution in [2.45, 2.75) is 13.8 Å². The molecule has 0 fully saturated rings. The number of carbonyl (C=O) groups excluding carboxylic acids is 1. The molecule has 0 aliphatic rings. The van der Waals surface area contributed by atoms with Crippen molar-refractivity contribution >= 4 is 17.0 Å². The number of benzene rings is 2. The van der Waals surface area contributed by atoms with Gasteiger partial charge in [-0.05, 0) is 55.8 Å². The Morgan fingerprint density at radius 1 is 1.15 bits per heavy atom. The minimum absolute atomic E-state index is 0.258. The van der Waals surface area contributed by atoms with Gasteiger partial charge in [-0.15, -0.1) is 0 Å². The van der Waals surface area contributed by atoms with Crippen LogP contribution in [-0.2, 0) is 4.74 Å². The van der Waals surface area contributed by atoms with Gasteiger partial charge in [-0.3, -0.25) is 4.57 Å². The monoisotopic (exact) mass is 363 g/mol. The second kappa shape index (κ2) is 6.28. The number of nitrogens with zero attached hydrogens (tertiary/aromatic N) is 2. The Labute approximate surface area is 154 Å². The average Bonchev–Trinajstić information content (AvgIpc) is 3.18. The van der Waals surface area contributed by atoms with Crippen LogP contribution in [0.3, 0.4) is 0 Å². The third-order valence-corrected chi connectivity index (χ3v) is 4.55. The first kappa shape index (κ1) is 16.8. The van der Waals surface area contributed by atoms with Gasteiger partial charge in [0.05, 0.1) is 35.1 Å². The quantitative estimate of drug-likeness (QED) is 0.564. The van der Waals surface area contributed by atoms with Gasteiger partial charge in [0.1, 0.15) is 5.76 Å². The third kappa shape index (κ3) is 2.73. The highest BCUT2D eigenvalue weighted by Crippen LogP contribution is 2.29. The number of hydrogen-bond donors (Lipinski definition) is 1. The maximum Gasteiger partial charge on any atom is 0.337 e. The molecular weight excluding hydrogens is 346 g/mol. The molecule has 0 spiro atoms. The highest BCUT2D eigenvalue weighted by atomic mass is 16.5. The number of carbonyl (C=O) groups is 1. The van der Waals surface area contributed by atoms with Crippen molar-refractivity contribution in [1.82, 2.24) is 14.7 Å². The van der Waals surface area contributed by atoms with E-state index in [1.165, 1.54) is 7.11 Å². The molecule has 2 heterocycles. The zero-order valence-electron chi connectivity index (χ0n) is 15.1. The van der Waals surface area contributed by atoms with E-state index < -0.39 is 5.97 Å². The number of aryl methyl sites for hydroxylation is 2. The van der Waals surface area contributed by atoms with Crippen molar-refractivity contribution in [3.05, 3.63) is 70.0 Å². The van der Waals surface area contributed by atoms with Gasteiger partial charge in [0.2, 0.25) is 0 Å². The fourth-order valence-corrected chi connectivity index (χ4v) is 3.27. The van der Waals surface area contributed by atoms with E-state index in [9.17, 15) is 9.59 Å². The van der Waals surface area contributed by atoms with Crippen molar-refractivity contribution in [3.8, 4) is 16.8 Å². The van der Waals surface area contributed by atoms with Gasteiger partial charge in [0.25, 0.3) is 0 Å². The predicted octanol–water partition coefficient (Wildman–Crippen LogP) is 3.38. The molecule has 4 rings (SSSR count). The van der Waals surface area contributed by atoms with Crippen LogP contribution in [0, 0.1) is 13.8 Å². The second-order valence-electron chi connectivity index (χ2n) is 6.24. The fraction of sp³-hybridized carbons (Fsp3) is 0.150. The smallest absolute Gasteiger partial charge is 0.337 e. The number of H-pyrrole nitrogens is 1. The SMILES string of the molecule is COC(=O)c1ccc(-n2c(=O)[nH]c3ccc(-c4c(C)noc4C)cc32)cc1. The van der Waals surface area contributed by atoms with Gasteiger partial charge in [-0.1, -0.05) is 11.2 Å². The van der Waals surface area contributed by atoms with E-state index in [1.54, 1.807) is 28.8 Å². The Hall–Kier alpha value is -3.61. The summed E-state index contributed by atoms with van der Waals surface area (Å²) >= 11 is 0. The largest absolute Gasteiger partial charge is 0.465 e. The second-order valence-corrected chi connectivity index (χ2v) is 6.24. The lowest BCUT2D eigenvalue weighted by Gasteiger charge is -2.06. The van der Waals surface area contributed by atoms with Crippen LogP contribution in [-0.4, -0.2) is 27.8 Å². The maximum atomic E-state index is 12.5. The molecule has 7 heteroatoms. The number of hydrogen-bond acceptors (Lipinski definition) is 5. The standard InChI is InChI=1S/C20H17N3O4/c1-11-18(12(2)27-22-11)14-6-9-16-17(10-14)23(20(25)21-16)15-7-4-13(5-8-15)19(24)26-3/h4-10H,1-3H3,(H,21,25). The molecule has 0 saturated carbocycles. The number of aromatic nitrogens is 3. The summed E-state index contributed by atoms with van der Waals surface area (Å²) in [4.78, 5) is 27.0. The fourth-order valence-electron chi connectivity index (χ4n) is 3.27. The predicted molar refractivity (Wildman–Crippen MR) is 100 cm³/mol. The third-order valence-electron chi connectivity index (χ3n) is 4.55. The zero-order valence-corrected chi connectivity index (χ0v) is 15.1. The van der Waals surface area contributed by atoms with Crippen LogP contribution in [0.4, 0.5) is 0 Å². The van der Waals surface area contributed by atoms with E-state index in [0.29, 0.717) is 16.8 Å². The molecule has 0 unspecified atom stereocenters. The highest BCUT2D eigenvalue weighted by molar-refractivity contribution is 5.90. The summed E-state index contributed by atoms with van der Waals surface area (Å²) < 4.78 is 11.5. The highest BCUT2D eigenvalue weighted by Gasteiger charge is 2.15. The molecule has 0 saturated heterocycles. The van der Waals surface area contributed by atoms with Crippen molar-refractivity contribution < 1.29 is 14.1 Å². The lowest BCUT2D eigenvalue weighted by molar-refractivity contribution is 0.0600. The number of rotatable bonds is 3. The van der Waals surface area contributed by atoms with Gasteiger partial charge in [0, 0.05) is 5.56 Å². The average molecular weight is 363 g/mol. The van der Waals surface area contributed by atoms with Gasteiger partial charge in [0.15, 0.2) is 0 Å². The molecule has 0 aliphatic heterocycles. The molecule has 1 N–H and O–H groups in total. The summed E-state index contributed by atoms with van der Waals surface area (Å²) in [5.74, 6) is 0.298. The molecule has 0 atom stereocenters. The van der Waals surface area contributed by atoms with Crippen LogP contribution >= 0.6 is 0 Å². The van der Waals surface area contributed by atoms with Crippen molar-refractivity contribution in [1.29, 1.82) is 0 Å². The van der Waals surface area contributed by atoms with E-state index in [1.807, 2.05) is 32.0 Å². The summed E-state index contributed by atoms with van der Waals surface area (Å²) in [5, 5.41) is 4.00. The minimum atomic E-state index is -0.423. The lowest BCUT2D eigenvalue weighted by Crippen LogP contribution is -2.14. The first-order valence-electron chi connectivity index (χ1n) is 8.36. The number of aromatic amines is 1. The van der Waals surface area contributed by atoms with Gasteiger partial charge in [-0.25, -0.2) is 9.59 Å². The summed E-state index contributed by atoms with van der Waals surface area (Å²) in [6.07, 6.45) is 0. The van der Waals surface area contributed by atoms with Crippen LogP contribution in [0.5, 0.6) is 0 Å². The molecular formula is C20H17N3O4. The lowest BCUT2D eigenvalue weighted by atomic mass is 10.0. The summed E-state index contributed by atoms with van der Waals surface area (Å²) in [5.41, 5.74) is 4.87. The minimum Gasteiger partial charge on any atom is -0.465 e. The van der Waals surface area contributed by atoms with Crippen LogP contribution in [0.1, 0.15) is 21.8 Å².